The standard InChI is InChI=1S/C9H12FNO3S/c1-5(11)6-3-4-7(12)9(8(6)10)15(2,13)14/h3-5,12H,11H2,1-2H3. The van der Waals surface area contributed by atoms with Gasteiger partial charge in [0, 0.05) is 17.9 Å². The van der Waals surface area contributed by atoms with E-state index in [-0.39, 0.29) is 5.56 Å². The molecule has 84 valence electrons. The van der Waals surface area contributed by atoms with Crippen molar-refractivity contribution in [1.82, 2.24) is 0 Å². The number of aromatic hydroxyl groups is 1. The second-order valence-corrected chi connectivity index (χ2v) is 5.33. The first kappa shape index (κ1) is 11.9. The fraction of sp³-hybridized carbons (Fsp3) is 0.333. The second-order valence-electron chi connectivity index (χ2n) is 3.38. The van der Waals surface area contributed by atoms with Gasteiger partial charge >= 0.3 is 0 Å². The van der Waals surface area contributed by atoms with Gasteiger partial charge in [0.25, 0.3) is 0 Å². The molecule has 0 saturated carbocycles. The van der Waals surface area contributed by atoms with Crippen LogP contribution in [-0.4, -0.2) is 19.8 Å². The molecule has 0 aromatic heterocycles. The summed E-state index contributed by atoms with van der Waals surface area (Å²) in [6.45, 7) is 1.53. The van der Waals surface area contributed by atoms with Gasteiger partial charge in [-0.05, 0) is 13.0 Å². The van der Waals surface area contributed by atoms with Gasteiger partial charge in [-0.15, -0.1) is 0 Å². The molecule has 0 amide bonds. The number of hydrogen-bond donors (Lipinski definition) is 2. The summed E-state index contributed by atoms with van der Waals surface area (Å²) in [5.74, 6) is -1.58. The van der Waals surface area contributed by atoms with Crippen molar-refractivity contribution in [3.8, 4) is 5.75 Å². The molecule has 1 unspecified atom stereocenters. The number of phenols is 1. The van der Waals surface area contributed by atoms with Gasteiger partial charge < -0.3 is 10.8 Å². The number of nitrogens with two attached hydrogens (primary N) is 1. The smallest absolute Gasteiger partial charge is 0.182 e. The summed E-state index contributed by atoms with van der Waals surface area (Å²) < 4.78 is 36.1. The van der Waals surface area contributed by atoms with E-state index in [9.17, 15) is 17.9 Å². The molecular formula is C9H12FNO3S. The van der Waals surface area contributed by atoms with Gasteiger partial charge in [0.2, 0.25) is 0 Å². The maximum absolute atomic E-state index is 13.7. The van der Waals surface area contributed by atoms with Crippen LogP contribution in [0, 0.1) is 5.82 Å². The summed E-state index contributed by atoms with van der Waals surface area (Å²) in [5.41, 5.74) is 5.52. The van der Waals surface area contributed by atoms with Crippen molar-refractivity contribution in [1.29, 1.82) is 0 Å². The van der Waals surface area contributed by atoms with Crippen LogP contribution in [0.25, 0.3) is 0 Å². The average Bonchev–Trinajstić information content (AvgIpc) is 2.00. The summed E-state index contributed by atoms with van der Waals surface area (Å²) in [6, 6.07) is 1.76. The lowest BCUT2D eigenvalue weighted by Crippen LogP contribution is -2.11. The number of sulfone groups is 1. The Balaban J connectivity index is 3.59. The van der Waals surface area contributed by atoms with Crippen LogP contribution in [0.3, 0.4) is 0 Å². The fourth-order valence-corrected chi connectivity index (χ4v) is 2.16. The first-order chi connectivity index (χ1) is 6.75. The fourth-order valence-electron chi connectivity index (χ4n) is 1.27. The Morgan fingerprint density at radius 2 is 2.00 bits per heavy atom. The molecule has 1 atom stereocenters. The van der Waals surface area contributed by atoms with Crippen LogP contribution in [0.2, 0.25) is 0 Å². The molecular weight excluding hydrogens is 221 g/mol. The molecule has 1 aromatic rings. The normalized spacial score (nSPS) is 13.9. The minimum atomic E-state index is -3.80. The van der Waals surface area contributed by atoms with E-state index >= 15 is 0 Å². The van der Waals surface area contributed by atoms with Gasteiger partial charge in [-0.3, -0.25) is 0 Å². The van der Waals surface area contributed by atoms with Crippen LogP contribution in [-0.2, 0) is 9.84 Å². The lowest BCUT2D eigenvalue weighted by atomic mass is 10.1. The third-order valence-electron chi connectivity index (χ3n) is 1.97. The zero-order valence-corrected chi connectivity index (χ0v) is 9.18. The summed E-state index contributed by atoms with van der Waals surface area (Å²) in [4.78, 5) is -0.697. The quantitative estimate of drug-likeness (QED) is 0.797. The van der Waals surface area contributed by atoms with Crippen LogP contribution in [0.1, 0.15) is 18.5 Å². The van der Waals surface area contributed by atoms with E-state index in [0.717, 1.165) is 12.3 Å². The minimum Gasteiger partial charge on any atom is -0.506 e. The molecule has 0 saturated heterocycles. The van der Waals surface area contributed by atoms with Crippen LogP contribution in [0.5, 0.6) is 5.75 Å². The predicted octanol–water partition coefficient (Wildman–Crippen LogP) is 0.955. The van der Waals surface area contributed by atoms with Gasteiger partial charge in [-0.1, -0.05) is 6.07 Å². The number of rotatable bonds is 2. The highest BCUT2D eigenvalue weighted by Gasteiger charge is 2.22. The zero-order valence-electron chi connectivity index (χ0n) is 8.36. The van der Waals surface area contributed by atoms with Gasteiger partial charge in [-0.25, -0.2) is 12.8 Å². The minimum absolute atomic E-state index is 0.0632. The Morgan fingerprint density at radius 3 is 2.40 bits per heavy atom. The molecule has 0 spiro atoms. The molecule has 15 heavy (non-hydrogen) atoms. The summed E-state index contributed by atoms with van der Waals surface area (Å²) in [7, 11) is -3.80. The highest BCUT2D eigenvalue weighted by atomic mass is 32.2. The maximum atomic E-state index is 13.7. The largest absolute Gasteiger partial charge is 0.506 e. The predicted molar refractivity (Wildman–Crippen MR) is 53.8 cm³/mol. The Kier molecular flexibility index (Phi) is 3.01. The van der Waals surface area contributed by atoms with E-state index in [1.165, 1.54) is 13.0 Å². The van der Waals surface area contributed by atoms with Crippen molar-refractivity contribution in [2.75, 3.05) is 6.26 Å². The number of hydrogen-bond acceptors (Lipinski definition) is 4. The SMILES string of the molecule is CC(N)c1ccc(O)c(S(C)(=O)=O)c1F. The number of phenolic OH excluding ortho intramolecular Hbond substituents is 1. The highest BCUT2D eigenvalue weighted by molar-refractivity contribution is 7.90. The summed E-state index contributed by atoms with van der Waals surface area (Å²) >= 11 is 0. The molecule has 0 aliphatic rings. The zero-order chi connectivity index (χ0) is 11.8. The van der Waals surface area contributed by atoms with E-state index in [1.54, 1.807) is 0 Å². The Labute approximate surface area is 87.5 Å². The van der Waals surface area contributed by atoms with Crippen molar-refractivity contribution in [2.24, 2.45) is 5.73 Å². The van der Waals surface area contributed by atoms with Crippen molar-refractivity contribution >= 4 is 9.84 Å². The monoisotopic (exact) mass is 233 g/mol. The van der Waals surface area contributed by atoms with E-state index in [4.69, 9.17) is 5.73 Å². The maximum Gasteiger partial charge on any atom is 0.182 e. The molecule has 0 aliphatic heterocycles. The van der Waals surface area contributed by atoms with Crippen molar-refractivity contribution in [3.63, 3.8) is 0 Å². The Bertz CT molecular complexity index is 482. The first-order valence-corrected chi connectivity index (χ1v) is 6.11. The molecule has 4 nitrogen and oxygen atoms in total. The van der Waals surface area contributed by atoms with Crippen LogP contribution in [0.4, 0.5) is 4.39 Å². The van der Waals surface area contributed by atoms with Gasteiger partial charge in [0.1, 0.15) is 16.5 Å². The summed E-state index contributed by atoms with van der Waals surface area (Å²) in [5, 5.41) is 9.27. The van der Waals surface area contributed by atoms with E-state index in [0.29, 0.717) is 0 Å². The van der Waals surface area contributed by atoms with Crippen molar-refractivity contribution in [3.05, 3.63) is 23.5 Å². The third-order valence-corrected chi connectivity index (χ3v) is 3.10. The third kappa shape index (κ3) is 2.27. The van der Waals surface area contributed by atoms with Crippen LogP contribution < -0.4 is 5.73 Å². The van der Waals surface area contributed by atoms with Gasteiger partial charge in [0.05, 0.1) is 0 Å². The van der Waals surface area contributed by atoms with Gasteiger partial charge in [0.15, 0.2) is 9.84 Å². The van der Waals surface area contributed by atoms with Crippen LogP contribution >= 0.6 is 0 Å². The average molecular weight is 233 g/mol. The lowest BCUT2D eigenvalue weighted by molar-refractivity contribution is 0.441. The van der Waals surface area contributed by atoms with Crippen molar-refractivity contribution in [2.45, 2.75) is 17.9 Å². The molecule has 1 rings (SSSR count). The molecule has 0 bridgehead atoms. The molecule has 0 radical (unpaired) electrons. The van der Waals surface area contributed by atoms with Crippen LogP contribution in [0.15, 0.2) is 17.0 Å². The topological polar surface area (TPSA) is 80.4 Å². The highest BCUT2D eigenvalue weighted by Crippen LogP contribution is 2.29. The van der Waals surface area contributed by atoms with Gasteiger partial charge in [-0.2, -0.15) is 0 Å². The number of halogens is 1. The molecule has 0 fully saturated rings. The molecule has 3 N–H and O–H groups in total. The van der Waals surface area contributed by atoms with E-state index < -0.39 is 32.3 Å². The van der Waals surface area contributed by atoms with Crippen molar-refractivity contribution < 1.29 is 17.9 Å². The van der Waals surface area contributed by atoms with E-state index in [1.807, 2.05) is 0 Å². The molecule has 0 heterocycles. The first-order valence-electron chi connectivity index (χ1n) is 4.22. The summed E-state index contributed by atoms with van der Waals surface area (Å²) in [6.07, 6.45) is 0.829. The number of benzene rings is 1. The Morgan fingerprint density at radius 1 is 1.47 bits per heavy atom. The Hall–Kier alpha value is -1.14. The molecule has 0 aliphatic carbocycles. The molecule has 1 aromatic carbocycles. The second kappa shape index (κ2) is 3.79. The lowest BCUT2D eigenvalue weighted by Gasteiger charge is -2.11. The van der Waals surface area contributed by atoms with E-state index in [2.05, 4.69) is 0 Å². The molecule has 6 heteroatoms.